The second-order valence-electron chi connectivity index (χ2n) is 11.1. The summed E-state index contributed by atoms with van der Waals surface area (Å²) in [5, 5.41) is 3.41. The van der Waals surface area contributed by atoms with Crippen LogP contribution in [0.2, 0.25) is 19.6 Å². The van der Waals surface area contributed by atoms with Gasteiger partial charge in [-0.2, -0.15) is 0 Å². The molecular formula is C23H45NO3Si. The largest absolute Gasteiger partial charge is 0.405 e. The maximum atomic E-state index is 14.0. The summed E-state index contributed by atoms with van der Waals surface area (Å²) in [6.45, 7) is 18.1. The Balaban J connectivity index is 2.39. The minimum absolute atomic E-state index is 0.105. The number of likely N-dealkylation sites (N-methyl/N-ethyl adjacent to an activating group) is 1. The van der Waals surface area contributed by atoms with E-state index in [9.17, 15) is 4.79 Å². The molecule has 0 radical (unpaired) electrons. The molecule has 0 aromatic carbocycles. The van der Waals surface area contributed by atoms with Crippen molar-refractivity contribution in [3.05, 3.63) is 0 Å². The fourth-order valence-corrected chi connectivity index (χ4v) is 7.67. The third kappa shape index (κ3) is 3.77. The van der Waals surface area contributed by atoms with Crippen LogP contribution < -0.4 is 5.32 Å². The molecule has 2 saturated carbocycles. The molecule has 0 aromatic rings. The molecule has 28 heavy (non-hydrogen) atoms. The Labute approximate surface area is 174 Å². The lowest BCUT2D eigenvalue weighted by molar-refractivity contribution is -0.154. The lowest BCUT2D eigenvalue weighted by atomic mass is 9.62. The number of hydrogen-bond donors (Lipinski definition) is 1. The van der Waals surface area contributed by atoms with Gasteiger partial charge in [0.1, 0.15) is 5.60 Å². The quantitative estimate of drug-likeness (QED) is 0.512. The predicted molar refractivity (Wildman–Crippen MR) is 119 cm³/mol. The average molecular weight is 412 g/mol. The van der Waals surface area contributed by atoms with Gasteiger partial charge in [0.25, 0.3) is 0 Å². The first-order valence-electron chi connectivity index (χ1n) is 11.2. The minimum Gasteiger partial charge on any atom is -0.405 e. The van der Waals surface area contributed by atoms with Gasteiger partial charge in [-0.05, 0) is 63.2 Å². The van der Waals surface area contributed by atoms with Crippen molar-refractivity contribution in [2.75, 3.05) is 14.2 Å². The van der Waals surface area contributed by atoms with Crippen LogP contribution in [0.3, 0.4) is 0 Å². The Kier molecular flexibility index (Phi) is 6.98. The molecule has 0 saturated heterocycles. The van der Waals surface area contributed by atoms with E-state index in [0.717, 1.165) is 19.3 Å². The zero-order valence-corrected chi connectivity index (χ0v) is 21.1. The van der Waals surface area contributed by atoms with E-state index < -0.39 is 13.9 Å². The van der Waals surface area contributed by atoms with E-state index in [-0.39, 0.29) is 28.8 Å². The topological polar surface area (TPSA) is 47.6 Å². The summed E-state index contributed by atoms with van der Waals surface area (Å²) < 4.78 is 12.7. The minimum atomic E-state index is -1.91. The predicted octanol–water partition coefficient (Wildman–Crippen LogP) is 5.03. The number of ketones is 1. The molecule has 164 valence electrons. The van der Waals surface area contributed by atoms with Crippen LogP contribution in [0, 0.1) is 22.7 Å². The highest BCUT2D eigenvalue weighted by Gasteiger charge is 2.72. The Hall–Kier alpha value is -0.233. The average Bonchev–Trinajstić information content (AvgIpc) is 2.91. The second kappa shape index (κ2) is 8.13. The van der Waals surface area contributed by atoms with Gasteiger partial charge in [0.15, 0.2) is 14.1 Å². The van der Waals surface area contributed by atoms with Crippen LogP contribution >= 0.6 is 0 Å². The Morgan fingerprint density at radius 3 is 2.21 bits per heavy atom. The summed E-state index contributed by atoms with van der Waals surface area (Å²) in [6.07, 6.45) is 4.54. The van der Waals surface area contributed by atoms with Crippen LogP contribution in [0.15, 0.2) is 0 Å². The Morgan fingerprint density at radius 2 is 1.86 bits per heavy atom. The van der Waals surface area contributed by atoms with Gasteiger partial charge < -0.3 is 14.5 Å². The number of nitrogens with one attached hydrogen (secondary N) is 1. The summed E-state index contributed by atoms with van der Waals surface area (Å²) in [6, 6.07) is 0.169. The second-order valence-corrected chi connectivity index (χ2v) is 15.6. The third-order valence-electron chi connectivity index (χ3n) is 8.47. The molecule has 0 aromatic heterocycles. The molecule has 0 unspecified atom stereocenters. The highest BCUT2D eigenvalue weighted by molar-refractivity contribution is 6.70. The van der Waals surface area contributed by atoms with Crippen molar-refractivity contribution in [2.24, 2.45) is 22.7 Å². The first-order valence-corrected chi connectivity index (χ1v) is 14.6. The molecule has 2 bridgehead atoms. The molecule has 0 heterocycles. The number of carbonyl (C=O) groups excluding carboxylic acids is 1. The zero-order valence-electron chi connectivity index (χ0n) is 20.1. The van der Waals surface area contributed by atoms with Crippen molar-refractivity contribution in [3.8, 4) is 0 Å². The van der Waals surface area contributed by atoms with Crippen LogP contribution in [0.25, 0.3) is 0 Å². The van der Waals surface area contributed by atoms with Crippen molar-refractivity contribution in [2.45, 2.75) is 104 Å². The van der Waals surface area contributed by atoms with Crippen molar-refractivity contribution in [3.63, 3.8) is 0 Å². The highest BCUT2D eigenvalue weighted by atomic mass is 28.4. The summed E-state index contributed by atoms with van der Waals surface area (Å²) in [5.41, 5.74) is -0.635. The molecule has 2 fully saturated rings. The lowest BCUT2D eigenvalue weighted by Crippen LogP contribution is -2.60. The van der Waals surface area contributed by atoms with E-state index >= 15 is 0 Å². The third-order valence-corrected chi connectivity index (χ3v) is 9.43. The molecule has 0 aliphatic heterocycles. The number of fused-ring (bicyclic) bond motifs is 2. The van der Waals surface area contributed by atoms with Gasteiger partial charge in [0.05, 0.1) is 6.10 Å². The number of rotatable bonds is 10. The van der Waals surface area contributed by atoms with Crippen LogP contribution in [-0.4, -0.2) is 46.0 Å². The van der Waals surface area contributed by atoms with Crippen molar-refractivity contribution >= 4 is 14.1 Å². The van der Waals surface area contributed by atoms with Crippen LogP contribution in [-0.2, 0) is 14.0 Å². The van der Waals surface area contributed by atoms with Gasteiger partial charge >= 0.3 is 0 Å². The zero-order chi connectivity index (χ0) is 21.5. The molecule has 0 spiro atoms. The van der Waals surface area contributed by atoms with Gasteiger partial charge in [0, 0.05) is 25.0 Å². The van der Waals surface area contributed by atoms with E-state index in [0.29, 0.717) is 18.3 Å². The maximum absolute atomic E-state index is 14.0. The Morgan fingerprint density at radius 1 is 1.25 bits per heavy atom. The molecule has 2 aliphatic carbocycles. The summed E-state index contributed by atoms with van der Waals surface area (Å²) in [7, 11) is 1.81. The molecular weight excluding hydrogens is 366 g/mol. The Bertz CT molecular complexity index is 573. The first kappa shape index (κ1) is 24.0. The van der Waals surface area contributed by atoms with Gasteiger partial charge in [0.2, 0.25) is 0 Å². The highest BCUT2D eigenvalue weighted by Crippen LogP contribution is 2.71. The van der Waals surface area contributed by atoms with E-state index in [2.05, 4.69) is 59.6 Å². The molecule has 6 atom stereocenters. The van der Waals surface area contributed by atoms with Crippen LogP contribution in [0.5, 0.6) is 0 Å². The van der Waals surface area contributed by atoms with Crippen LogP contribution in [0.4, 0.5) is 0 Å². The number of carbonyl (C=O) groups is 1. The monoisotopic (exact) mass is 411 g/mol. The fraction of sp³-hybridized carbons (Fsp3) is 0.957. The molecule has 4 nitrogen and oxygen atoms in total. The lowest BCUT2D eigenvalue weighted by Gasteiger charge is -2.50. The van der Waals surface area contributed by atoms with Gasteiger partial charge in [-0.25, -0.2) is 0 Å². The SMILES string of the molecule is CC[C@H](C)[C@H](NC)[C@@H](CC(=O)[C@@]1(O[Si](C)(C)C)C[C@H]2CC[C@]1(C)C2(C)C)OC. The molecule has 5 heteroatoms. The van der Waals surface area contributed by atoms with E-state index in [4.69, 9.17) is 9.16 Å². The van der Waals surface area contributed by atoms with Gasteiger partial charge in [-0.15, -0.1) is 0 Å². The van der Waals surface area contributed by atoms with E-state index in [1.807, 2.05) is 7.05 Å². The summed E-state index contributed by atoms with van der Waals surface area (Å²) in [4.78, 5) is 14.0. The standard InChI is InChI=1S/C23H45NO3Si/c1-11-16(2)20(24-6)18(26-7)14-19(25)23(27-28(8,9)10)15-17-12-13-22(23,5)21(17,3)4/h16-18,20,24H,11-15H2,1-10H3/t16-,17+,18+,20-,22+,23-/m0/s1. The summed E-state index contributed by atoms with van der Waals surface area (Å²) >= 11 is 0. The number of hydrogen-bond acceptors (Lipinski definition) is 4. The fourth-order valence-electron chi connectivity index (χ4n) is 6.20. The number of ether oxygens (including phenoxy) is 1. The van der Waals surface area contributed by atoms with E-state index in [1.54, 1.807) is 7.11 Å². The molecule has 0 amide bonds. The molecule has 1 N–H and O–H groups in total. The van der Waals surface area contributed by atoms with Crippen molar-refractivity contribution < 1.29 is 14.0 Å². The normalized spacial score (nSPS) is 35.0. The summed E-state index contributed by atoms with van der Waals surface area (Å²) in [5.74, 6) is 1.28. The first-order chi connectivity index (χ1) is 12.8. The van der Waals surface area contributed by atoms with Crippen molar-refractivity contribution in [1.82, 2.24) is 5.32 Å². The number of Topliss-reactive ketones (excluding diaryl/α,β-unsaturated/α-hetero) is 1. The molecule has 2 aliphatic rings. The van der Waals surface area contributed by atoms with Crippen LogP contribution in [0.1, 0.15) is 66.7 Å². The van der Waals surface area contributed by atoms with E-state index in [1.165, 1.54) is 6.42 Å². The van der Waals surface area contributed by atoms with Gasteiger partial charge in [-0.3, -0.25) is 4.79 Å². The number of methoxy groups -OCH3 is 1. The van der Waals surface area contributed by atoms with Crippen molar-refractivity contribution in [1.29, 1.82) is 0 Å². The maximum Gasteiger partial charge on any atom is 0.185 e. The van der Waals surface area contributed by atoms with Gasteiger partial charge in [-0.1, -0.05) is 41.0 Å². The smallest absolute Gasteiger partial charge is 0.185 e. The molecule has 2 rings (SSSR count).